The zero-order valence-corrected chi connectivity index (χ0v) is 12.0. The van der Waals surface area contributed by atoms with Gasteiger partial charge < -0.3 is 27.4 Å². The second-order valence-corrected chi connectivity index (χ2v) is 4.73. The highest BCUT2D eigenvalue weighted by Gasteiger charge is 2.16. The van der Waals surface area contributed by atoms with Crippen molar-refractivity contribution in [1.82, 2.24) is 26.0 Å². The molecule has 1 saturated heterocycles. The summed E-state index contributed by atoms with van der Waals surface area (Å²) in [4.78, 5) is 0. The van der Waals surface area contributed by atoms with Crippen LogP contribution >= 0.6 is 0 Å². The van der Waals surface area contributed by atoms with Gasteiger partial charge in [0.1, 0.15) is 0 Å². The number of nitrogens with zero attached hydrogens (tertiary/aromatic N) is 2. The highest BCUT2D eigenvalue weighted by atomic mass is 15.6. The monoisotopic (exact) mass is 273 g/mol. The van der Waals surface area contributed by atoms with Crippen LogP contribution in [0, 0.1) is 0 Å². The molecule has 0 aromatic rings. The van der Waals surface area contributed by atoms with Crippen LogP contribution in [0.5, 0.6) is 0 Å². The zero-order chi connectivity index (χ0) is 13.8. The average molecular weight is 273 g/mol. The maximum Gasteiger partial charge on any atom is 0.0259 e. The van der Waals surface area contributed by atoms with E-state index in [2.05, 4.69) is 26.0 Å². The van der Waals surface area contributed by atoms with Gasteiger partial charge in [-0.1, -0.05) is 0 Å². The molecular weight excluding hydrogens is 242 g/mol. The predicted octanol–water partition coefficient (Wildman–Crippen LogP) is -2.79. The SMILES string of the molecule is NCCNCCNCCN(CCN)N1CCNCC1. The van der Waals surface area contributed by atoms with Crippen LogP contribution in [0.4, 0.5) is 0 Å². The van der Waals surface area contributed by atoms with E-state index in [-0.39, 0.29) is 0 Å². The van der Waals surface area contributed by atoms with Crippen molar-refractivity contribution in [2.45, 2.75) is 0 Å². The maximum absolute atomic E-state index is 5.70. The fraction of sp³-hybridized carbons (Fsp3) is 1.00. The standard InChI is InChI=1S/C12H31N7/c13-1-3-15-4-5-16-6-10-18(9-2-14)19-11-7-17-8-12-19/h15-17H,1-14H2. The zero-order valence-electron chi connectivity index (χ0n) is 12.0. The molecule has 7 heteroatoms. The number of hydrogen-bond donors (Lipinski definition) is 5. The molecule has 0 bridgehead atoms. The molecule has 7 N–H and O–H groups in total. The van der Waals surface area contributed by atoms with E-state index >= 15 is 0 Å². The maximum atomic E-state index is 5.70. The largest absolute Gasteiger partial charge is 0.329 e. The Hall–Kier alpha value is -0.280. The Balaban J connectivity index is 2.07. The average Bonchev–Trinajstić information content (AvgIpc) is 2.46. The van der Waals surface area contributed by atoms with Crippen molar-refractivity contribution in [1.29, 1.82) is 0 Å². The summed E-state index contributed by atoms with van der Waals surface area (Å²) in [7, 11) is 0. The molecule has 114 valence electrons. The van der Waals surface area contributed by atoms with Crippen LogP contribution in [0.15, 0.2) is 0 Å². The van der Waals surface area contributed by atoms with E-state index in [1.54, 1.807) is 0 Å². The van der Waals surface area contributed by atoms with Crippen LogP contribution in [0.1, 0.15) is 0 Å². The van der Waals surface area contributed by atoms with E-state index in [1.807, 2.05) is 0 Å². The summed E-state index contributed by atoms with van der Waals surface area (Å²) in [5, 5.41) is 14.9. The molecule has 19 heavy (non-hydrogen) atoms. The summed E-state index contributed by atoms with van der Waals surface area (Å²) < 4.78 is 0. The third kappa shape index (κ3) is 7.78. The molecule has 7 nitrogen and oxygen atoms in total. The van der Waals surface area contributed by atoms with Crippen LogP contribution in [-0.2, 0) is 0 Å². The summed E-state index contributed by atoms with van der Waals surface area (Å²) in [6.07, 6.45) is 0. The van der Waals surface area contributed by atoms with Crippen LogP contribution in [0.3, 0.4) is 0 Å². The van der Waals surface area contributed by atoms with Crippen molar-refractivity contribution in [3.8, 4) is 0 Å². The molecule has 0 spiro atoms. The summed E-state index contributed by atoms with van der Waals surface area (Å²) in [6, 6.07) is 0. The van der Waals surface area contributed by atoms with Crippen molar-refractivity contribution >= 4 is 0 Å². The second-order valence-electron chi connectivity index (χ2n) is 4.73. The Labute approximate surface area is 117 Å². The molecule has 1 aliphatic rings. The van der Waals surface area contributed by atoms with Crippen LogP contribution in [0.2, 0.25) is 0 Å². The normalized spacial score (nSPS) is 17.2. The Morgan fingerprint density at radius 1 is 0.895 bits per heavy atom. The number of piperazine rings is 1. The summed E-state index contributed by atoms with van der Waals surface area (Å²) >= 11 is 0. The summed E-state index contributed by atoms with van der Waals surface area (Å²) in [5.74, 6) is 0. The number of nitrogens with two attached hydrogens (primary N) is 2. The first kappa shape index (κ1) is 16.8. The lowest BCUT2D eigenvalue weighted by molar-refractivity contribution is -0.0303. The third-order valence-corrected chi connectivity index (χ3v) is 3.23. The quantitative estimate of drug-likeness (QED) is 0.260. The molecule has 1 rings (SSSR count). The van der Waals surface area contributed by atoms with E-state index in [1.165, 1.54) is 0 Å². The van der Waals surface area contributed by atoms with Gasteiger partial charge in [-0.15, -0.1) is 0 Å². The molecule has 0 radical (unpaired) electrons. The Morgan fingerprint density at radius 2 is 1.58 bits per heavy atom. The number of hydrogen-bond acceptors (Lipinski definition) is 7. The Morgan fingerprint density at radius 3 is 2.21 bits per heavy atom. The molecule has 0 aromatic carbocycles. The van der Waals surface area contributed by atoms with Gasteiger partial charge in [0.05, 0.1) is 0 Å². The fourth-order valence-corrected chi connectivity index (χ4v) is 2.22. The Bertz CT molecular complexity index is 197. The number of rotatable bonds is 11. The van der Waals surface area contributed by atoms with Crippen molar-refractivity contribution in [3.05, 3.63) is 0 Å². The van der Waals surface area contributed by atoms with Crippen molar-refractivity contribution in [2.75, 3.05) is 78.5 Å². The van der Waals surface area contributed by atoms with E-state index in [0.717, 1.165) is 65.4 Å². The first-order valence-electron chi connectivity index (χ1n) is 7.40. The lowest BCUT2D eigenvalue weighted by atomic mass is 10.4. The fourth-order valence-electron chi connectivity index (χ4n) is 2.22. The minimum atomic E-state index is 0.702. The van der Waals surface area contributed by atoms with Gasteiger partial charge in [0.2, 0.25) is 0 Å². The summed E-state index contributed by atoms with van der Waals surface area (Å²) in [6.45, 7) is 11.5. The molecular formula is C12H31N7. The van der Waals surface area contributed by atoms with Gasteiger partial charge in [0, 0.05) is 78.5 Å². The highest BCUT2D eigenvalue weighted by Crippen LogP contribution is 1.98. The number of hydrazine groups is 1. The molecule has 0 aliphatic carbocycles. The minimum absolute atomic E-state index is 0.702. The highest BCUT2D eigenvalue weighted by molar-refractivity contribution is 4.68. The van der Waals surface area contributed by atoms with Gasteiger partial charge >= 0.3 is 0 Å². The Kier molecular flexibility index (Phi) is 10.2. The molecule has 0 saturated carbocycles. The molecule has 0 aromatic heterocycles. The minimum Gasteiger partial charge on any atom is -0.329 e. The van der Waals surface area contributed by atoms with E-state index in [4.69, 9.17) is 11.5 Å². The van der Waals surface area contributed by atoms with E-state index in [9.17, 15) is 0 Å². The van der Waals surface area contributed by atoms with Crippen LogP contribution in [-0.4, -0.2) is 88.6 Å². The van der Waals surface area contributed by atoms with E-state index in [0.29, 0.717) is 13.1 Å². The van der Waals surface area contributed by atoms with Gasteiger partial charge in [-0.25, -0.2) is 10.0 Å². The van der Waals surface area contributed by atoms with Crippen LogP contribution < -0.4 is 27.4 Å². The van der Waals surface area contributed by atoms with E-state index < -0.39 is 0 Å². The van der Waals surface area contributed by atoms with Gasteiger partial charge in [-0.2, -0.15) is 0 Å². The first-order valence-corrected chi connectivity index (χ1v) is 7.40. The van der Waals surface area contributed by atoms with Crippen molar-refractivity contribution in [3.63, 3.8) is 0 Å². The summed E-state index contributed by atoms with van der Waals surface area (Å²) in [5.41, 5.74) is 11.1. The second kappa shape index (κ2) is 11.5. The molecule has 0 unspecified atom stereocenters. The first-order chi connectivity index (χ1) is 9.38. The molecule has 0 amide bonds. The van der Waals surface area contributed by atoms with Gasteiger partial charge in [-0.3, -0.25) is 0 Å². The lowest BCUT2D eigenvalue weighted by Gasteiger charge is -2.37. The topological polar surface area (TPSA) is 94.6 Å². The number of nitrogens with one attached hydrogen (secondary N) is 3. The predicted molar refractivity (Wildman–Crippen MR) is 79.9 cm³/mol. The molecule has 0 atom stereocenters. The lowest BCUT2D eigenvalue weighted by Crippen LogP contribution is -2.55. The molecule has 1 fully saturated rings. The third-order valence-electron chi connectivity index (χ3n) is 3.23. The smallest absolute Gasteiger partial charge is 0.0259 e. The van der Waals surface area contributed by atoms with Gasteiger partial charge in [-0.05, 0) is 0 Å². The molecule has 1 aliphatic heterocycles. The van der Waals surface area contributed by atoms with Crippen molar-refractivity contribution < 1.29 is 0 Å². The van der Waals surface area contributed by atoms with Crippen LogP contribution in [0.25, 0.3) is 0 Å². The van der Waals surface area contributed by atoms with Crippen molar-refractivity contribution in [2.24, 2.45) is 11.5 Å². The van der Waals surface area contributed by atoms with Gasteiger partial charge in [0.25, 0.3) is 0 Å². The van der Waals surface area contributed by atoms with Gasteiger partial charge in [0.15, 0.2) is 0 Å². The molecule has 1 heterocycles.